The Balaban J connectivity index is 3.25. The third-order valence-corrected chi connectivity index (χ3v) is 1.53. The normalized spacial score (nSPS) is 9.64. The number of hydrogen-bond acceptors (Lipinski definition) is 3. The van der Waals surface area contributed by atoms with Crippen LogP contribution in [0.2, 0.25) is 0 Å². The van der Waals surface area contributed by atoms with Crippen molar-refractivity contribution in [1.82, 2.24) is 0 Å². The van der Waals surface area contributed by atoms with Crippen LogP contribution in [0.15, 0.2) is 12.1 Å². The van der Waals surface area contributed by atoms with E-state index in [0.29, 0.717) is 17.1 Å². The second-order valence-electron chi connectivity index (χ2n) is 2.46. The van der Waals surface area contributed by atoms with Gasteiger partial charge in [0, 0.05) is 5.69 Å². The van der Waals surface area contributed by atoms with Crippen molar-refractivity contribution >= 4 is 11.4 Å². The molecule has 4 N–H and O–H groups in total. The molecule has 1 aromatic rings. The first kappa shape index (κ1) is 7.72. The Morgan fingerprint density at radius 1 is 1.27 bits per heavy atom. The van der Waals surface area contributed by atoms with Crippen LogP contribution in [0.1, 0.15) is 5.56 Å². The summed E-state index contributed by atoms with van der Waals surface area (Å²) in [4.78, 5) is 0. The van der Waals surface area contributed by atoms with Gasteiger partial charge in [-0.2, -0.15) is 0 Å². The molecule has 0 atom stereocenters. The Bertz CT molecular complexity index is 248. The summed E-state index contributed by atoms with van der Waals surface area (Å²) in [5.41, 5.74) is 13.4. The first-order chi connectivity index (χ1) is 5.15. The van der Waals surface area contributed by atoms with Gasteiger partial charge < -0.3 is 16.2 Å². The molecule has 11 heavy (non-hydrogen) atoms. The van der Waals surface area contributed by atoms with Crippen LogP contribution in [-0.2, 0) is 0 Å². The predicted octanol–water partition coefficient (Wildman–Crippen LogP) is 1.17. The molecule has 0 bridgehead atoms. The average Bonchev–Trinajstić information content (AvgIpc) is 1.85. The maximum absolute atomic E-state index is 5.63. The molecule has 0 heterocycles. The second-order valence-corrected chi connectivity index (χ2v) is 2.46. The van der Waals surface area contributed by atoms with Gasteiger partial charge in [0.1, 0.15) is 5.75 Å². The number of rotatable bonds is 1. The largest absolute Gasteiger partial charge is 0.494 e. The molecular formula is C8H12N2O. The van der Waals surface area contributed by atoms with E-state index in [0.717, 1.165) is 5.56 Å². The molecule has 3 heteroatoms. The van der Waals surface area contributed by atoms with Gasteiger partial charge in [-0.15, -0.1) is 0 Å². The standard InChI is InChI=1S/C8H12N2O/c1-5-3-6(9)4-7(10)8(5)11-2/h3-4H,9-10H2,1-2H3. The predicted molar refractivity (Wildman–Crippen MR) is 46.6 cm³/mol. The molecule has 0 amide bonds. The third-order valence-electron chi connectivity index (χ3n) is 1.53. The molecule has 0 spiro atoms. The smallest absolute Gasteiger partial charge is 0.144 e. The lowest BCUT2D eigenvalue weighted by molar-refractivity contribution is 0.414. The second kappa shape index (κ2) is 2.70. The zero-order valence-electron chi connectivity index (χ0n) is 6.72. The Labute approximate surface area is 66.0 Å². The van der Waals surface area contributed by atoms with Gasteiger partial charge in [0.2, 0.25) is 0 Å². The van der Waals surface area contributed by atoms with E-state index in [1.807, 2.05) is 13.0 Å². The van der Waals surface area contributed by atoms with E-state index in [-0.39, 0.29) is 0 Å². The van der Waals surface area contributed by atoms with Crippen LogP contribution in [0.4, 0.5) is 11.4 Å². The molecule has 1 rings (SSSR count). The van der Waals surface area contributed by atoms with Crippen molar-refractivity contribution in [3.63, 3.8) is 0 Å². The van der Waals surface area contributed by atoms with E-state index in [9.17, 15) is 0 Å². The number of hydrogen-bond donors (Lipinski definition) is 2. The van der Waals surface area contributed by atoms with Crippen molar-refractivity contribution in [1.29, 1.82) is 0 Å². The Hall–Kier alpha value is -1.38. The zero-order chi connectivity index (χ0) is 8.43. The van der Waals surface area contributed by atoms with Gasteiger partial charge in [0.05, 0.1) is 12.8 Å². The summed E-state index contributed by atoms with van der Waals surface area (Å²) in [6.07, 6.45) is 0. The van der Waals surface area contributed by atoms with E-state index in [1.165, 1.54) is 0 Å². The van der Waals surface area contributed by atoms with Crippen LogP contribution in [0.25, 0.3) is 0 Å². The van der Waals surface area contributed by atoms with E-state index in [1.54, 1.807) is 13.2 Å². The molecule has 0 aliphatic carbocycles. The summed E-state index contributed by atoms with van der Waals surface area (Å²) >= 11 is 0. The van der Waals surface area contributed by atoms with Crippen LogP contribution in [-0.4, -0.2) is 7.11 Å². The highest BCUT2D eigenvalue weighted by molar-refractivity contribution is 5.64. The van der Waals surface area contributed by atoms with E-state index in [2.05, 4.69) is 0 Å². The molecule has 0 aliphatic heterocycles. The van der Waals surface area contributed by atoms with Gasteiger partial charge in [0.25, 0.3) is 0 Å². The van der Waals surface area contributed by atoms with Gasteiger partial charge in [-0.1, -0.05) is 0 Å². The molecule has 0 fully saturated rings. The highest BCUT2D eigenvalue weighted by atomic mass is 16.5. The minimum atomic E-state index is 0.588. The Morgan fingerprint density at radius 3 is 2.36 bits per heavy atom. The number of aryl methyl sites for hydroxylation is 1. The van der Waals surface area contributed by atoms with Crippen molar-refractivity contribution < 1.29 is 4.74 Å². The van der Waals surface area contributed by atoms with Crippen molar-refractivity contribution in [3.05, 3.63) is 17.7 Å². The quantitative estimate of drug-likeness (QED) is 0.594. The fourth-order valence-electron chi connectivity index (χ4n) is 1.11. The minimum Gasteiger partial charge on any atom is -0.494 e. The first-order valence-corrected chi connectivity index (χ1v) is 3.34. The van der Waals surface area contributed by atoms with Crippen molar-refractivity contribution in [3.8, 4) is 5.75 Å². The molecule has 3 nitrogen and oxygen atoms in total. The topological polar surface area (TPSA) is 61.3 Å². The summed E-state index contributed by atoms with van der Waals surface area (Å²) in [6, 6.07) is 3.51. The van der Waals surface area contributed by atoms with E-state index < -0.39 is 0 Å². The van der Waals surface area contributed by atoms with E-state index >= 15 is 0 Å². The van der Waals surface area contributed by atoms with E-state index in [4.69, 9.17) is 16.2 Å². The SMILES string of the molecule is COc1c(C)cc(N)cc1N. The summed E-state index contributed by atoms with van der Waals surface area (Å²) in [7, 11) is 1.59. The molecule has 0 saturated carbocycles. The maximum Gasteiger partial charge on any atom is 0.144 e. The Kier molecular flexibility index (Phi) is 1.89. The lowest BCUT2D eigenvalue weighted by Gasteiger charge is -2.08. The van der Waals surface area contributed by atoms with Gasteiger partial charge in [-0.25, -0.2) is 0 Å². The van der Waals surface area contributed by atoms with Crippen LogP contribution < -0.4 is 16.2 Å². The van der Waals surface area contributed by atoms with Gasteiger partial charge in [-0.05, 0) is 24.6 Å². The average molecular weight is 152 g/mol. The number of benzene rings is 1. The summed E-state index contributed by atoms with van der Waals surface area (Å²) < 4.78 is 5.05. The highest BCUT2D eigenvalue weighted by Crippen LogP contribution is 2.27. The molecule has 0 radical (unpaired) electrons. The Morgan fingerprint density at radius 2 is 1.91 bits per heavy atom. The summed E-state index contributed by atoms with van der Waals surface area (Å²) in [5.74, 6) is 0.708. The fourth-order valence-corrected chi connectivity index (χ4v) is 1.11. The summed E-state index contributed by atoms with van der Waals surface area (Å²) in [6.45, 7) is 1.91. The lowest BCUT2D eigenvalue weighted by Crippen LogP contribution is -1.97. The fraction of sp³-hybridized carbons (Fsp3) is 0.250. The molecule has 0 aliphatic rings. The molecule has 0 saturated heterocycles. The number of methoxy groups -OCH3 is 1. The molecule has 1 aromatic carbocycles. The monoisotopic (exact) mass is 152 g/mol. The molecular weight excluding hydrogens is 140 g/mol. The van der Waals surface area contributed by atoms with Gasteiger partial charge in [0.15, 0.2) is 0 Å². The third kappa shape index (κ3) is 1.37. The molecule has 0 aromatic heterocycles. The summed E-state index contributed by atoms with van der Waals surface area (Å²) in [5, 5.41) is 0. The first-order valence-electron chi connectivity index (χ1n) is 3.34. The number of nitrogens with two attached hydrogens (primary N) is 2. The zero-order valence-corrected chi connectivity index (χ0v) is 6.72. The van der Waals surface area contributed by atoms with Gasteiger partial charge >= 0.3 is 0 Å². The highest BCUT2D eigenvalue weighted by Gasteiger charge is 2.02. The van der Waals surface area contributed by atoms with Crippen LogP contribution >= 0.6 is 0 Å². The molecule has 0 unspecified atom stereocenters. The number of anilines is 2. The van der Waals surface area contributed by atoms with Crippen molar-refractivity contribution in [2.24, 2.45) is 0 Å². The number of nitrogen functional groups attached to an aromatic ring is 2. The van der Waals surface area contributed by atoms with Crippen molar-refractivity contribution in [2.75, 3.05) is 18.6 Å². The van der Waals surface area contributed by atoms with Crippen LogP contribution in [0.5, 0.6) is 5.75 Å². The lowest BCUT2D eigenvalue weighted by atomic mass is 10.2. The van der Waals surface area contributed by atoms with Gasteiger partial charge in [-0.3, -0.25) is 0 Å². The van der Waals surface area contributed by atoms with Crippen LogP contribution in [0.3, 0.4) is 0 Å². The number of ether oxygens (including phenoxy) is 1. The van der Waals surface area contributed by atoms with Crippen molar-refractivity contribution in [2.45, 2.75) is 6.92 Å². The molecule has 60 valence electrons. The maximum atomic E-state index is 5.63. The van der Waals surface area contributed by atoms with Crippen LogP contribution in [0, 0.1) is 6.92 Å². The minimum absolute atomic E-state index is 0.588.